The molecule has 0 aliphatic carbocycles. The molecule has 0 fully saturated rings. The van der Waals surface area contributed by atoms with Gasteiger partial charge in [-0.25, -0.2) is 11.7 Å². The molecule has 1 rings (SSSR count). The van der Waals surface area contributed by atoms with Crippen LogP contribution in [0.4, 0.5) is 0 Å². The normalized spacial score (nSPS) is 14.8. The molecule has 2 amide bonds. The number of rotatable bonds is 3. The van der Waals surface area contributed by atoms with Crippen molar-refractivity contribution in [1.29, 1.82) is 0 Å². The van der Waals surface area contributed by atoms with Gasteiger partial charge in [0.15, 0.2) is 6.29 Å². The maximum absolute atomic E-state index is 11.5. The molecule has 0 aromatic heterocycles. The van der Waals surface area contributed by atoms with Gasteiger partial charge < -0.3 is 0 Å². The molecule has 8 nitrogen and oxygen atoms in total. The van der Waals surface area contributed by atoms with Crippen molar-refractivity contribution in [2.24, 2.45) is 16.7 Å². The van der Waals surface area contributed by atoms with Crippen LogP contribution in [0, 0.1) is 0 Å². The highest BCUT2D eigenvalue weighted by Gasteiger charge is 2.24. The Balaban J connectivity index is 3.36. The number of amides is 2. The number of aldehydes is 1. The molecule has 0 saturated carbocycles. The van der Waals surface area contributed by atoms with Crippen molar-refractivity contribution in [2.75, 3.05) is 0 Å². The number of allylic oxidation sites excluding steroid dienone is 2. The summed E-state index contributed by atoms with van der Waals surface area (Å²) in [5, 5.41) is 0. The van der Waals surface area contributed by atoms with Gasteiger partial charge in [0.1, 0.15) is 5.70 Å². The Morgan fingerprint density at radius 2 is 1.94 bits per heavy atom. The van der Waals surface area contributed by atoms with Crippen LogP contribution in [0.3, 0.4) is 0 Å². The standard InChI is InChI=1S/C9H11N5O3/c10-13-8(16)5-2-1-3-12-6(4-15)7(5)9(17)14-11/h2-4H,1,10-11H2,(H,13,16)(H,14,17). The summed E-state index contributed by atoms with van der Waals surface area (Å²) in [4.78, 5) is 37.6. The molecule has 0 aromatic carbocycles. The Hall–Kier alpha value is -2.32. The number of hydrogen-bond donors (Lipinski definition) is 4. The molecule has 6 N–H and O–H groups in total. The lowest BCUT2D eigenvalue weighted by molar-refractivity contribution is -0.120. The summed E-state index contributed by atoms with van der Waals surface area (Å²) < 4.78 is 0. The molecular formula is C9H11N5O3. The van der Waals surface area contributed by atoms with Crippen molar-refractivity contribution in [3.8, 4) is 0 Å². The predicted molar refractivity (Wildman–Crippen MR) is 58.9 cm³/mol. The van der Waals surface area contributed by atoms with E-state index in [2.05, 4.69) is 4.99 Å². The number of carbonyl (C=O) groups excluding carboxylic acids is 3. The van der Waals surface area contributed by atoms with E-state index in [1.165, 1.54) is 12.3 Å². The van der Waals surface area contributed by atoms with Crippen LogP contribution in [-0.4, -0.2) is 24.3 Å². The molecule has 0 unspecified atom stereocenters. The summed E-state index contributed by atoms with van der Waals surface area (Å²) in [6.07, 6.45) is 3.47. The SMILES string of the molecule is NNC(=O)C1=CCC=NC(C=O)=C1C(=O)NN. The molecule has 8 heteroatoms. The first-order chi connectivity index (χ1) is 8.15. The summed E-state index contributed by atoms with van der Waals surface area (Å²) in [7, 11) is 0. The van der Waals surface area contributed by atoms with Gasteiger partial charge in [-0.05, 0) is 0 Å². The van der Waals surface area contributed by atoms with Gasteiger partial charge in [-0.1, -0.05) is 6.08 Å². The summed E-state index contributed by atoms with van der Waals surface area (Å²) in [5.74, 6) is 8.48. The van der Waals surface area contributed by atoms with Gasteiger partial charge in [-0.2, -0.15) is 0 Å². The molecule has 90 valence electrons. The smallest absolute Gasteiger partial charge is 0.268 e. The van der Waals surface area contributed by atoms with E-state index in [-0.39, 0.29) is 16.8 Å². The third-order valence-electron chi connectivity index (χ3n) is 2.03. The van der Waals surface area contributed by atoms with Gasteiger partial charge in [-0.3, -0.25) is 30.2 Å². The van der Waals surface area contributed by atoms with E-state index < -0.39 is 11.8 Å². The second kappa shape index (κ2) is 5.68. The van der Waals surface area contributed by atoms with Gasteiger partial charge in [0.05, 0.1) is 11.1 Å². The van der Waals surface area contributed by atoms with Gasteiger partial charge in [0, 0.05) is 12.6 Å². The Morgan fingerprint density at radius 3 is 2.47 bits per heavy atom. The number of hydrazine groups is 2. The predicted octanol–water partition coefficient (Wildman–Crippen LogP) is -2.18. The number of aliphatic imine (C=N–C) groups is 1. The summed E-state index contributed by atoms with van der Waals surface area (Å²) >= 11 is 0. The number of carbonyl (C=O) groups is 3. The van der Waals surface area contributed by atoms with Crippen LogP contribution in [0.15, 0.2) is 27.9 Å². The molecule has 0 bridgehead atoms. The lowest BCUT2D eigenvalue weighted by Crippen LogP contribution is -2.37. The highest BCUT2D eigenvalue weighted by Crippen LogP contribution is 2.18. The fraction of sp³-hybridized carbons (Fsp3) is 0.111. The fourth-order valence-corrected chi connectivity index (χ4v) is 1.31. The minimum atomic E-state index is -0.791. The number of nitrogens with zero attached hydrogens (tertiary/aromatic N) is 1. The quantitative estimate of drug-likeness (QED) is 0.191. The molecule has 17 heavy (non-hydrogen) atoms. The van der Waals surface area contributed by atoms with E-state index in [1.807, 2.05) is 10.9 Å². The Bertz CT molecular complexity index is 450. The topological polar surface area (TPSA) is 140 Å². The van der Waals surface area contributed by atoms with Crippen LogP contribution >= 0.6 is 0 Å². The largest absolute Gasteiger partial charge is 0.296 e. The summed E-state index contributed by atoms with van der Waals surface area (Å²) in [6.45, 7) is 0. The van der Waals surface area contributed by atoms with Crippen LogP contribution in [-0.2, 0) is 14.4 Å². The fourth-order valence-electron chi connectivity index (χ4n) is 1.31. The number of nitrogens with two attached hydrogens (primary N) is 2. The molecular weight excluding hydrogens is 226 g/mol. The van der Waals surface area contributed by atoms with Gasteiger partial charge >= 0.3 is 0 Å². The minimum absolute atomic E-state index is 0.0462. The molecule has 1 aliphatic heterocycles. The first kappa shape index (κ1) is 12.7. The van der Waals surface area contributed by atoms with Gasteiger partial charge in [-0.15, -0.1) is 0 Å². The first-order valence-electron chi connectivity index (χ1n) is 4.60. The van der Waals surface area contributed by atoms with Crippen molar-refractivity contribution >= 4 is 24.3 Å². The van der Waals surface area contributed by atoms with Crippen molar-refractivity contribution in [3.05, 3.63) is 22.9 Å². The van der Waals surface area contributed by atoms with Crippen LogP contribution in [0.25, 0.3) is 0 Å². The average Bonchev–Trinajstić information content (AvgIpc) is 2.58. The average molecular weight is 237 g/mol. The maximum Gasteiger partial charge on any atom is 0.268 e. The van der Waals surface area contributed by atoms with E-state index in [9.17, 15) is 14.4 Å². The van der Waals surface area contributed by atoms with Crippen LogP contribution in [0.2, 0.25) is 0 Å². The molecule has 1 aliphatic rings. The number of nitrogens with one attached hydrogen (secondary N) is 2. The van der Waals surface area contributed by atoms with Crippen LogP contribution < -0.4 is 22.5 Å². The molecule has 0 aromatic rings. The minimum Gasteiger partial charge on any atom is -0.296 e. The van der Waals surface area contributed by atoms with Crippen molar-refractivity contribution in [2.45, 2.75) is 6.42 Å². The van der Waals surface area contributed by atoms with Crippen LogP contribution in [0.1, 0.15) is 6.42 Å². The van der Waals surface area contributed by atoms with Gasteiger partial charge in [0.2, 0.25) is 0 Å². The van der Waals surface area contributed by atoms with E-state index >= 15 is 0 Å². The zero-order chi connectivity index (χ0) is 12.8. The third kappa shape index (κ3) is 2.62. The molecule has 0 spiro atoms. The van der Waals surface area contributed by atoms with E-state index in [4.69, 9.17) is 11.7 Å². The second-order valence-electron chi connectivity index (χ2n) is 2.99. The zero-order valence-corrected chi connectivity index (χ0v) is 8.77. The lowest BCUT2D eigenvalue weighted by Gasteiger charge is -2.09. The highest BCUT2D eigenvalue weighted by atomic mass is 16.2. The maximum atomic E-state index is 11.5. The van der Waals surface area contributed by atoms with E-state index in [0.29, 0.717) is 12.7 Å². The van der Waals surface area contributed by atoms with Crippen LogP contribution in [0.5, 0.6) is 0 Å². The first-order valence-corrected chi connectivity index (χ1v) is 4.60. The Kier molecular flexibility index (Phi) is 4.26. The molecule has 0 radical (unpaired) electrons. The Morgan fingerprint density at radius 1 is 1.29 bits per heavy atom. The molecule has 0 atom stereocenters. The molecule has 0 saturated heterocycles. The van der Waals surface area contributed by atoms with Crippen molar-refractivity contribution in [3.63, 3.8) is 0 Å². The van der Waals surface area contributed by atoms with E-state index in [0.717, 1.165) is 0 Å². The van der Waals surface area contributed by atoms with E-state index in [1.54, 1.807) is 0 Å². The monoisotopic (exact) mass is 237 g/mol. The van der Waals surface area contributed by atoms with Crippen molar-refractivity contribution in [1.82, 2.24) is 10.9 Å². The third-order valence-corrected chi connectivity index (χ3v) is 2.03. The Labute approximate surface area is 96.4 Å². The summed E-state index contributed by atoms with van der Waals surface area (Å²) in [6, 6.07) is 0. The van der Waals surface area contributed by atoms with Crippen molar-refractivity contribution < 1.29 is 14.4 Å². The lowest BCUT2D eigenvalue weighted by atomic mass is 10.0. The second-order valence-corrected chi connectivity index (χ2v) is 2.99. The molecule has 1 heterocycles. The zero-order valence-electron chi connectivity index (χ0n) is 8.77. The number of hydrogen-bond acceptors (Lipinski definition) is 6. The van der Waals surface area contributed by atoms with Gasteiger partial charge in [0.25, 0.3) is 11.8 Å². The summed E-state index contributed by atoms with van der Waals surface area (Å²) in [5.41, 5.74) is 3.29. The highest BCUT2D eigenvalue weighted by molar-refractivity contribution is 6.14.